The van der Waals surface area contributed by atoms with Crippen LogP contribution in [0, 0.1) is 23.6 Å². The lowest BCUT2D eigenvalue weighted by Crippen LogP contribution is -2.59. The average molecular weight is 870 g/mol. The molecule has 330 valence electrons. The normalized spacial score (nSPS) is 28.8. The molecule has 20 heteroatoms. The lowest BCUT2D eigenvalue weighted by atomic mass is 9.88. The highest BCUT2D eigenvalue weighted by molar-refractivity contribution is 7.91. The summed E-state index contributed by atoms with van der Waals surface area (Å²) in [6.45, 7) is 6.09. The molecule has 4 aliphatic rings. The fraction of sp³-hybridized carbons (Fsp3) is 0.625. The molecule has 3 fully saturated rings. The molecule has 15 nitrogen and oxygen atoms in total. The minimum Gasteiger partial charge on any atom is -0.494 e. The third kappa shape index (κ3) is 8.93. The second-order valence-electron chi connectivity index (χ2n) is 17.1. The molecule has 3 heterocycles. The minimum atomic E-state index is -4.95. The SMILES string of the molecule is COc1cc(O[C@@H]2C[C@H]3C(=O)N[C@]4(C(=O)NS(=O)(=O)C5(C)CC5)C[C@H]4/C=C\CC[C@@H](C)C[C@@H](C)[C@H](NC(=O)OC(C)(C)C(F)(F)F)C(=O)N3C2)c2cc(F)c(OC)cc2n1. The maximum atomic E-state index is 15.0. The van der Waals surface area contributed by atoms with Gasteiger partial charge in [-0.15, -0.1) is 0 Å². The van der Waals surface area contributed by atoms with Gasteiger partial charge in [-0.3, -0.25) is 19.1 Å². The first-order valence-electron chi connectivity index (χ1n) is 19.8. The van der Waals surface area contributed by atoms with Crippen molar-refractivity contribution in [3.8, 4) is 17.4 Å². The van der Waals surface area contributed by atoms with Crippen molar-refractivity contribution in [1.82, 2.24) is 25.2 Å². The second kappa shape index (κ2) is 16.2. The van der Waals surface area contributed by atoms with Crippen LogP contribution in [0.25, 0.3) is 10.9 Å². The van der Waals surface area contributed by atoms with Crippen LogP contribution in [0.1, 0.15) is 79.6 Å². The molecule has 1 saturated heterocycles. The number of halogens is 4. The van der Waals surface area contributed by atoms with Crippen molar-refractivity contribution in [2.75, 3.05) is 20.8 Å². The number of hydrogen-bond acceptors (Lipinski definition) is 11. The number of fused-ring (bicyclic) bond motifs is 3. The monoisotopic (exact) mass is 869 g/mol. The molecule has 2 saturated carbocycles. The summed E-state index contributed by atoms with van der Waals surface area (Å²) in [6, 6.07) is 0.945. The van der Waals surface area contributed by atoms with Crippen molar-refractivity contribution in [2.24, 2.45) is 17.8 Å². The van der Waals surface area contributed by atoms with Crippen LogP contribution in [0.5, 0.6) is 17.4 Å². The first-order valence-corrected chi connectivity index (χ1v) is 21.2. The van der Waals surface area contributed by atoms with E-state index < -0.39 is 91.7 Å². The van der Waals surface area contributed by atoms with E-state index in [1.165, 1.54) is 33.3 Å². The Morgan fingerprint density at radius 1 is 1.03 bits per heavy atom. The highest BCUT2D eigenvalue weighted by Crippen LogP contribution is 2.48. The second-order valence-corrected chi connectivity index (χ2v) is 19.3. The first-order chi connectivity index (χ1) is 27.9. The van der Waals surface area contributed by atoms with Crippen LogP contribution in [0.2, 0.25) is 0 Å². The van der Waals surface area contributed by atoms with Crippen LogP contribution in [-0.4, -0.2) is 103 Å². The molecule has 4 amide bonds. The van der Waals surface area contributed by atoms with Crippen molar-refractivity contribution in [3.05, 3.63) is 36.2 Å². The number of methoxy groups -OCH3 is 2. The van der Waals surface area contributed by atoms with Gasteiger partial charge in [0.2, 0.25) is 33.3 Å². The molecule has 0 unspecified atom stereocenters. The standard InChI is InChI=1S/C40H51F4N5O10S/c1-21-10-8-9-11-23-19-39(23,35(52)48-60(54,55)38(5)12-13-38)47-33(50)28-15-24(58-29-18-31(57-7)45-27-17-30(56-6)26(41)16-25(27)29)20-49(28)34(51)32(22(2)14-21)46-36(53)59-37(3,4)40(42,43)44/h9,11,16-18,21-24,28,32H,8,10,12-15,19-20H2,1-7H3,(H,46,53)(H,47,50)(H,48,52)/b11-9-/t21-,22-,23-,24-,28+,32+,39-/m1/s1. The third-order valence-corrected chi connectivity index (χ3v) is 14.2. The lowest BCUT2D eigenvalue weighted by Gasteiger charge is -2.34. The van der Waals surface area contributed by atoms with Crippen LogP contribution in [-0.2, 0) is 29.1 Å². The van der Waals surface area contributed by atoms with Crippen molar-refractivity contribution in [2.45, 2.75) is 120 Å². The molecule has 2 aliphatic heterocycles. The summed E-state index contributed by atoms with van der Waals surface area (Å²) in [6.07, 6.45) is -1.93. The predicted octanol–water partition coefficient (Wildman–Crippen LogP) is 5.06. The molecule has 0 bridgehead atoms. The first kappa shape index (κ1) is 44.7. The average Bonchev–Trinajstić information content (AvgIpc) is 4.04. The Morgan fingerprint density at radius 2 is 1.73 bits per heavy atom. The molecule has 1 aromatic carbocycles. The van der Waals surface area contributed by atoms with E-state index in [2.05, 4.69) is 20.3 Å². The van der Waals surface area contributed by atoms with Gasteiger partial charge >= 0.3 is 12.3 Å². The maximum Gasteiger partial charge on any atom is 0.427 e. The smallest absolute Gasteiger partial charge is 0.427 e. The number of allylic oxidation sites excluding steroid dienone is 1. The Labute approximate surface area is 345 Å². The van der Waals surface area contributed by atoms with Gasteiger partial charge in [0.25, 0.3) is 5.91 Å². The quantitative estimate of drug-likeness (QED) is 0.226. The number of nitrogens with one attached hydrogen (secondary N) is 3. The van der Waals surface area contributed by atoms with Crippen LogP contribution in [0.4, 0.5) is 22.4 Å². The predicted molar refractivity (Wildman–Crippen MR) is 208 cm³/mol. The van der Waals surface area contributed by atoms with Gasteiger partial charge in [0.05, 0.1) is 31.0 Å². The Hall–Kier alpha value is -4.88. The van der Waals surface area contributed by atoms with E-state index in [9.17, 15) is 40.8 Å². The topological polar surface area (TPSA) is 192 Å². The minimum absolute atomic E-state index is 0.0589. The molecule has 1 aromatic heterocycles. The zero-order chi connectivity index (χ0) is 44.2. The highest BCUT2D eigenvalue weighted by atomic mass is 32.2. The van der Waals surface area contributed by atoms with E-state index in [0.29, 0.717) is 46.0 Å². The third-order valence-electron chi connectivity index (χ3n) is 12.1. The molecule has 7 atom stereocenters. The molecule has 0 spiro atoms. The van der Waals surface area contributed by atoms with Crippen molar-refractivity contribution >= 4 is 44.7 Å². The van der Waals surface area contributed by atoms with Crippen LogP contribution in [0.15, 0.2) is 30.4 Å². The van der Waals surface area contributed by atoms with Crippen molar-refractivity contribution in [1.29, 1.82) is 0 Å². The number of carbonyl (C=O) groups excluding carboxylic acids is 4. The molecule has 2 aromatic rings. The number of hydrogen-bond donors (Lipinski definition) is 3. The number of alkyl halides is 3. The summed E-state index contributed by atoms with van der Waals surface area (Å²) in [7, 11) is -1.48. The van der Waals surface area contributed by atoms with Gasteiger partial charge in [-0.25, -0.2) is 22.6 Å². The number of nitrogens with zero attached hydrogens (tertiary/aromatic N) is 2. The number of pyridine rings is 1. The molecule has 3 N–H and O–H groups in total. The van der Waals surface area contributed by atoms with Gasteiger partial charge in [0.1, 0.15) is 29.5 Å². The number of benzene rings is 1. The zero-order valence-electron chi connectivity index (χ0n) is 34.4. The Bertz CT molecular complexity index is 2180. The van der Waals surface area contributed by atoms with Crippen LogP contribution in [0.3, 0.4) is 0 Å². The Morgan fingerprint density at radius 3 is 2.37 bits per heavy atom. The molecule has 0 radical (unpaired) electrons. The lowest BCUT2D eigenvalue weighted by molar-refractivity contribution is -0.244. The molecular formula is C40H51F4N5O10S. The van der Waals surface area contributed by atoms with E-state index >= 15 is 4.39 Å². The summed E-state index contributed by atoms with van der Waals surface area (Å²) in [5.74, 6) is -4.69. The molecule has 6 rings (SSSR count). The number of ether oxygens (including phenoxy) is 4. The number of sulfonamides is 1. The van der Waals surface area contributed by atoms with E-state index in [1.54, 1.807) is 13.0 Å². The van der Waals surface area contributed by atoms with Gasteiger partial charge in [-0.2, -0.15) is 13.2 Å². The van der Waals surface area contributed by atoms with Gasteiger partial charge in [-0.1, -0.05) is 26.0 Å². The Balaban J connectivity index is 1.38. The molecule has 60 heavy (non-hydrogen) atoms. The van der Waals surface area contributed by atoms with Crippen molar-refractivity contribution in [3.63, 3.8) is 0 Å². The van der Waals surface area contributed by atoms with Gasteiger partial charge in [0, 0.05) is 29.9 Å². The number of carbonyl (C=O) groups is 4. The fourth-order valence-electron chi connectivity index (χ4n) is 7.75. The summed E-state index contributed by atoms with van der Waals surface area (Å²) in [5, 5.41) is 5.30. The van der Waals surface area contributed by atoms with Gasteiger partial charge in [-0.05, 0) is 77.2 Å². The Kier molecular flexibility index (Phi) is 12.1. The van der Waals surface area contributed by atoms with Gasteiger partial charge in [0.15, 0.2) is 11.6 Å². The number of amides is 4. The molecule has 2 aliphatic carbocycles. The summed E-state index contributed by atoms with van der Waals surface area (Å²) in [5.41, 5.74) is -4.39. The summed E-state index contributed by atoms with van der Waals surface area (Å²) in [4.78, 5) is 61.9. The zero-order valence-corrected chi connectivity index (χ0v) is 35.2. The molecular weight excluding hydrogens is 819 g/mol. The largest absolute Gasteiger partial charge is 0.494 e. The van der Waals surface area contributed by atoms with Crippen LogP contribution >= 0.6 is 0 Å². The number of rotatable bonds is 9. The summed E-state index contributed by atoms with van der Waals surface area (Å²) >= 11 is 0. The number of aromatic nitrogens is 1. The summed E-state index contributed by atoms with van der Waals surface area (Å²) < 4.78 is 105. The fourth-order valence-corrected chi connectivity index (χ4v) is 9.07. The van der Waals surface area contributed by atoms with E-state index in [0.717, 1.165) is 11.0 Å². The van der Waals surface area contributed by atoms with Gasteiger partial charge < -0.3 is 34.5 Å². The number of alkyl carbamates (subject to hydrolysis) is 1. The maximum absolute atomic E-state index is 15.0. The van der Waals surface area contributed by atoms with E-state index in [-0.39, 0.29) is 53.6 Å². The van der Waals surface area contributed by atoms with Crippen LogP contribution < -0.4 is 29.6 Å². The highest BCUT2D eigenvalue weighted by Gasteiger charge is 2.63. The van der Waals surface area contributed by atoms with E-state index in [4.69, 9.17) is 18.9 Å². The van der Waals surface area contributed by atoms with Crippen molar-refractivity contribution < 1.29 is 64.1 Å². The van der Waals surface area contributed by atoms with E-state index in [1.807, 2.05) is 13.0 Å².